The number of nitriles is 1. The van der Waals surface area contributed by atoms with Crippen LogP contribution in [-0.2, 0) is 5.41 Å². The number of hydrogen-bond acceptors (Lipinski definition) is 4. The highest BCUT2D eigenvalue weighted by Crippen LogP contribution is 2.61. The van der Waals surface area contributed by atoms with Crippen LogP contribution < -0.4 is 0 Å². The standard InChI is InChI=1S/C16H18N4S/c1-9-13(8-17)20-15(18-9)21-14(19-20)16-5-10-2-11(6-16)4-12(3-10)7-16/h10-12H,2-7H2,1H3. The van der Waals surface area contributed by atoms with Crippen molar-refractivity contribution in [2.75, 3.05) is 0 Å². The molecule has 2 aromatic heterocycles. The lowest BCUT2D eigenvalue weighted by Gasteiger charge is -2.55. The second-order valence-electron chi connectivity index (χ2n) is 7.46. The van der Waals surface area contributed by atoms with E-state index in [0.29, 0.717) is 11.1 Å². The molecule has 2 aromatic rings. The van der Waals surface area contributed by atoms with Crippen LogP contribution in [-0.4, -0.2) is 14.6 Å². The van der Waals surface area contributed by atoms with Gasteiger partial charge in [-0.2, -0.15) is 14.9 Å². The Morgan fingerprint density at radius 3 is 2.38 bits per heavy atom. The molecule has 4 saturated carbocycles. The molecule has 4 bridgehead atoms. The number of imidazole rings is 1. The van der Waals surface area contributed by atoms with Gasteiger partial charge >= 0.3 is 0 Å². The van der Waals surface area contributed by atoms with Gasteiger partial charge in [-0.1, -0.05) is 11.3 Å². The fourth-order valence-corrected chi connectivity index (χ4v) is 6.73. The van der Waals surface area contributed by atoms with Gasteiger partial charge in [0.1, 0.15) is 11.1 Å². The lowest BCUT2D eigenvalue weighted by atomic mass is 9.50. The highest BCUT2D eigenvalue weighted by Gasteiger charge is 2.53. The van der Waals surface area contributed by atoms with E-state index in [1.807, 2.05) is 6.92 Å². The van der Waals surface area contributed by atoms with Gasteiger partial charge in [-0.25, -0.2) is 4.98 Å². The number of aromatic nitrogens is 3. The van der Waals surface area contributed by atoms with Gasteiger partial charge in [0.25, 0.3) is 0 Å². The minimum atomic E-state index is 0.306. The number of aryl methyl sites for hydroxylation is 1. The zero-order valence-corrected chi connectivity index (χ0v) is 13.0. The molecule has 6 rings (SSSR count). The molecule has 4 aliphatic rings. The van der Waals surface area contributed by atoms with E-state index < -0.39 is 0 Å². The van der Waals surface area contributed by atoms with Gasteiger partial charge in [0.2, 0.25) is 4.96 Å². The molecule has 5 heteroatoms. The summed E-state index contributed by atoms with van der Waals surface area (Å²) in [5, 5.41) is 15.4. The first kappa shape index (κ1) is 12.2. The van der Waals surface area contributed by atoms with Gasteiger partial charge < -0.3 is 0 Å². The summed E-state index contributed by atoms with van der Waals surface area (Å²) in [7, 11) is 0. The van der Waals surface area contributed by atoms with Gasteiger partial charge in [-0.05, 0) is 63.2 Å². The minimum Gasteiger partial charge on any atom is -0.221 e. The summed E-state index contributed by atoms with van der Waals surface area (Å²) < 4.78 is 1.79. The van der Waals surface area contributed by atoms with E-state index in [0.717, 1.165) is 28.4 Å². The quantitative estimate of drug-likeness (QED) is 0.810. The van der Waals surface area contributed by atoms with E-state index >= 15 is 0 Å². The normalized spacial score (nSPS) is 37.2. The van der Waals surface area contributed by atoms with Gasteiger partial charge in [0.15, 0.2) is 5.69 Å². The fourth-order valence-electron chi connectivity index (χ4n) is 5.56. The molecule has 0 aliphatic heterocycles. The van der Waals surface area contributed by atoms with Crippen molar-refractivity contribution in [3.63, 3.8) is 0 Å². The summed E-state index contributed by atoms with van der Waals surface area (Å²) in [4.78, 5) is 5.43. The SMILES string of the molecule is Cc1nc2sc(C34CC5CC(CC(C5)C3)C4)nn2c1C#N. The first-order valence-corrected chi connectivity index (χ1v) is 8.75. The molecule has 0 N–H and O–H groups in total. The largest absolute Gasteiger partial charge is 0.221 e. The van der Waals surface area contributed by atoms with Crippen molar-refractivity contribution in [2.45, 2.75) is 50.9 Å². The van der Waals surface area contributed by atoms with Crippen LogP contribution in [0, 0.1) is 36.0 Å². The number of nitrogens with zero attached hydrogens (tertiary/aromatic N) is 4. The molecule has 2 heterocycles. The van der Waals surface area contributed by atoms with Crippen molar-refractivity contribution >= 4 is 16.3 Å². The maximum absolute atomic E-state index is 9.30. The monoisotopic (exact) mass is 298 g/mol. The van der Waals surface area contributed by atoms with Crippen molar-refractivity contribution in [1.29, 1.82) is 5.26 Å². The molecule has 0 spiro atoms. The molecule has 108 valence electrons. The van der Waals surface area contributed by atoms with Crippen LogP contribution in [0.25, 0.3) is 4.96 Å². The summed E-state index contributed by atoms with van der Waals surface area (Å²) in [5.41, 5.74) is 1.71. The molecule has 4 fully saturated rings. The van der Waals surface area contributed by atoms with Crippen LogP contribution in [0.15, 0.2) is 0 Å². The van der Waals surface area contributed by atoms with Crippen LogP contribution in [0.1, 0.15) is 54.9 Å². The predicted octanol–water partition coefficient (Wildman–Crippen LogP) is 3.44. The lowest BCUT2D eigenvalue weighted by molar-refractivity contribution is -0.00566. The van der Waals surface area contributed by atoms with Crippen molar-refractivity contribution < 1.29 is 0 Å². The summed E-state index contributed by atoms with van der Waals surface area (Å²) >= 11 is 1.73. The van der Waals surface area contributed by atoms with Crippen molar-refractivity contribution in [3.8, 4) is 6.07 Å². The van der Waals surface area contributed by atoms with Gasteiger partial charge in [-0.15, -0.1) is 0 Å². The summed E-state index contributed by atoms with van der Waals surface area (Å²) in [6.45, 7) is 1.89. The topological polar surface area (TPSA) is 54.0 Å². The zero-order valence-electron chi connectivity index (χ0n) is 12.2. The van der Waals surface area contributed by atoms with Crippen LogP contribution >= 0.6 is 11.3 Å². The first-order valence-electron chi connectivity index (χ1n) is 7.93. The molecule has 4 nitrogen and oxygen atoms in total. The Labute approximate surface area is 127 Å². The lowest BCUT2D eigenvalue weighted by Crippen LogP contribution is -2.48. The Morgan fingerprint density at radius 2 is 1.81 bits per heavy atom. The van der Waals surface area contributed by atoms with Gasteiger partial charge in [0, 0.05) is 5.41 Å². The van der Waals surface area contributed by atoms with E-state index in [2.05, 4.69) is 11.1 Å². The van der Waals surface area contributed by atoms with Crippen molar-refractivity contribution in [1.82, 2.24) is 14.6 Å². The van der Waals surface area contributed by atoms with E-state index in [-0.39, 0.29) is 0 Å². The van der Waals surface area contributed by atoms with E-state index in [1.165, 1.54) is 43.5 Å². The Morgan fingerprint density at radius 1 is 1.19 bits per heavy atom. The molecular formula is C16H18N4S. The van der Waals surface area contributed by atoms with Crippen molar-refractivity contribution in [3.05, 3.63) is 16.4 Å². The predicted molar refractivity (Wildman–Crippen MR) is 80.2 cm³/mol. The molecule has 0 amide bonds. The average molecular weight is 298 g/mol. The minimum absolute atomic E-state index is 0.306. The summed E-state index contributed by atoms with van der Waals surface area (Å²) in [6, 6.07) is 2.25. The molecule has 0 radical (unpaired) electrons. The first-order chi connectivity index (χ1) is 10.2. The van der Waals surface area contributed by atoms with Gasteiger partial charge in [-0.3, -0.25) is 0 Å². The third-order valence-corrected chi connectivity index (χ3v) is 7.13. The highest BCUT2D eigenvalue weighted by atomic mass is 32.1. The van der Waals surface area contributed by atoms with Gasteiger partial charge in [0.05, 0.1) is 5.69 Å². The van der Waals surface area contributed by atoms with Crippen LogP contribution in [0.3, 0.4) is 0 Å². The molecular weight excluding hydrogens is 280 g/mol. The fraction of sp³-hybridized carbons (Fsp3) is 0.688. The molecule has 0 aromatic carbocycles. The smallest absolute Gasteiger partial charge is 0.213 e. The number of fused-ring (bicyclic) bond motifs is 1. The molecule has 4 aliphatic carbocycles. The third-order valence-electron chi connectivity index (χ3n) is 5.98. The van der Waals surface area contributed by atoms with E-state index in [9.17, 15) is 5.26 Å². The highest BCUT2D eigenvalue weighted by molar-refractivity contribution is 7.16. The van der Waals surface area contributed by atoms with Crippen LogP contribution in [0.5, 0.6) is 0 Å². The van der Waals surface area contributed by atoms with E-state index in [4.69, 9.17) is 5.10 Å². The van der Waals surface area contributed by atoms with Crippen molar-refractivity contribution in [2.24, 2.45) is 17.8 Å². The maximum atomic E-state index is 9.30. The third kappa shape index (κ3) is 1.54. The Balaban J connectivity index is 1.64. The molecule has 0 saturated heterocycles. The summed E-state index contributed by atoms with van der Waals surface area (Å²) in [5.74, 6) is 2.76. The van der Waals surface area contributed by atoms with Crippen LogP contribution in [0.2, 0.25) is 0 Å². The maximum Gasteiger partial charge on any atom is 0.213 e. The second kappa shape index (κ2) is 3.86. The second-order valence-corrected chi connectivity index (χ2v) is 8.41. The van der Waals surface area contributed by atoms with Crippen LogP contribution in [0.4, 0.5) is 0 Å². The Hall–Kier alpha value is -1.41. The summed E-state index contributed by atoms with van der Waals surface area (Å²) in [6.07, 6.45) is 8.29. The number of hydrogen-bond donors (Lipinski definition) is 0. The molecule has 0 unspecified atom stereocenters. The zero-order chi connectivity index (χ0) is 14.2. The molecule has 0 atom stereocenters. The number of rotatable bonds is 1. The Kier molecular flexibility index (Phi) is 2.24. The average Bonchev–Trinajstić information content (AvgIpc) is 2.94. The molecule has 21 heavy (non-hydrogen) atoms. The Bertz CT molecular complexity index is 743. The van der Waals surface area contributed by atoms with E-state index in [1.54, 1.807) is 15.9 Å².